The molecule has 0 spiro atoms. The fourth-order valence-corrected chi connectivity index (χ4v) is 6.37. The molecule has 5 rings (SSSR count). The highest BCUT2D eigenvalue weighted by molar-refractivity contribution is 7.92. The molecule has 1 aliphatic carbocycles. The highest BCUT2D eigenvalue weighted by Gasteiger charge is 2.23. The summed E-state index contributed by atoms with van der Waals surface area (Å²) in [5.74, 6) is 0.0914. The van der Waals surface area contributed by atoms with Crippen LogP contribution in [0.3, 0.4) is 0 Å². The quantitative estimate of drug-likeness (QED) is 0.397. The van der Waals surface area contributed by atoms with Crippen molar-refractivity contribution >= 4 is 28.0 Å². The monoisotopic (exact) mass is 560 g/mol. The number of aryl methyl sites for hydroxylation is 1. The molecule has 0 saturated heterocycles. The van der Waals surface area contributed by atoms with Gasteiger partial charge in [-0.1, -0.05) is 56.2 Å². The molecule has 210 valence electrons. The lowest BCUT2D eigenvalue weighted by molar-refractivity contribution is 0.0913. The summed E-state index contributed by atoms with van der Waals surface area (Å²) in [5, 5.41) is 3.01. The second kappa shape index (κ2) is 11.8. The summed E-state index contributed by atoms with van der Waals surface area (Å²) in [4.78, 5) is 22.1. The molecule has 8 nitrogen and oxygen atoms in total. The number of amides is 1. The number of nitrogens with one attached hydrogen (secondary N) is 2. The van der Waals surface area contributed by atoms with E-state index in [2.05, 4.69) is 46.0 Å². The average molecular weight is 561 g/mol. The Morgan fingerprint density at radius 2 is 1.82 bits per heavy atom. The zero-order valence-electron chi connectivity index (χ0n) is 23.2. The van der Waals surface area contributed by atoms with Crippen molar-refractivity contribution < 1.29 is 17.9 Å². The van der Waals surface area contributed by atoms with Crippen molar-refractivity contribution in [3.05, 3.63) is 70.8 Å². The van der Waals surface area contributed by atoms with E-state index in [-0.39, 0.29) is 40.8 Å². The van der Waals surface area contributed by atoms with Crippen molar-refractivity contribution in [3.63, 3.8) is 0 Å². The second-order valence-corrected chi connectivity index (χ2v) is 12.7. The third kappa shape index (κ3) is 6.53. The van der Waals surface area contributed by atoms with Gasteiger partial charge >= 0.3 is 0 Å². The minimum absolute atomic E-state index is 0.0464. The number of rotatable bonds is 4. The predicted molar refractivity (Wildman–Crippen MR) is 157 cm³/mol. The highest BCUT2D eigenvalue weighted by Crippen LogP contribution is 2.33. The van der Waals surface area contributed by atoms with Gasteiger partial charge in [0.15, 0.2) is 0 Å². The number of nitrogens with zero attached hydrogens (tertiary/aromatic N) is 2. The van der Waals surface area contributed by atoms with E-state index in [0.29, 0.717) is 18.0 Å². The van der Waals surface area contributed by atoms with E-state index < -0.39 is 10.0 Å². The SMILES string of the molecule is Cc1cccc(C=C2CCCCC2)c1-c1cc2nc(n1)NS(=O)(=O)c1cccc(c1)C(=O)N[C@H](CC(C)C)CO2. The van der Waals surface area contributed by atoms with E-state index in [0.717, 1.165) is 29.5 Å². The van der Waals surface area contributed by atoms with Crippen molar-refractivity contribution in [2.75, 3.05) is 11.3 Å². The van der Waals surface area contributed by atoms with Crippen LogP contribution < -0.4 is 14.8 Å². The summed E-state index contributed by atoms with van der Waals surface area (Å²) in [6, 6.07) is 13.5. The third-order valence-corrected chi connectivity index (χ3v) is 8.60. The number of aromatic nitrogens is 2. The number of carbonyl (C=O) groups excluding carboxylic acids is 1. The first-order valence-corrected chi connectivity index (χ1v) is 15.4. The zero-order chi connectivity index (χ0) is 28.3. The largest absolute Gasteiger partial charge is 0.475 e. The Hall–Kier alpha value is -3.72. The molecule has 0 radical (unpaired) electrons. The minimum atomic E-state index is -4.08. The maximum atomic E-state index is 13.4. The molecule has 1 saturated carbocycles. The summed E-state index contributed by atoms with van der Waals surface area (Å²) >= 11 is 0. The van der Waals surface area contributed by atoms with Gasteiger partial charge in [0.05, 0.1) is 16.6 Å². The molecule has 2 aromatic carbocycles. The number of hydrogen-bond acceptors (Lipinski definition) is 6. The Labute approximate surface area is 236 Å². The lowest BCUT2D eigenvalue weighted by Gasteiger charge is -2.21. The van der Waals surface area contributed by atoms with Crippen molar-refractivity contribution in [2.24, 2.45) is 5.92 Å². The molecule has 1 amide bonds. The van der Waals surface area contributed by atoms with Crippen molar-refractivity contribution in [3.8, 4) is 17.1 Å². The first kappa shape index (κ1) is 27.8. The first-order valence-electron chi connectivity index (χ1n) is 13.9. The molecule has 1 atom stereocenters. The van der Waals surface area contributed by atoms with E-state index >= 15 is 0 Å². The van der Waals surface area contributed by atoms with Crippen LogP contribution in [0.25, 0.3) is 17.3 Å². The van der Waals surface area contributed by atoms with Crippen molar-refractivity contribution in [1.82, 2.24) is 15.3 Å². The number of hydrogen-bond donors (Lipinski definition) is 2. The fourth-order valence-electron chi connectivity index (χ4n) is 5.38. The van der Waals surface area contributed by atoms with Crippen LogP contribution in [0.4, 0.5) is 5.95 Å². The molecule has 2 aliphatic rings. The molecule has 1 aliphatic heterocycles. The molecule has 2 heterocycles. The summed E-state index contributed by atoms with van der Waals surface area (Å²) in [5.41, 5.74) is 5.19. The predicted octanol–water partition coefficient (Wildman–Crippen LogP) is 6.14. The van der Waals surface area contributed by atoms with Crippen LogP contribution in [0, 0.1) is 12.8 Å². The maximum Gasteiger partial charge on any atom is 0.264 e. The number of carbonyl (C=O) groups is 1. The maximum absolute atomic E-state index is 13.4. The topological polar surface area (TPSA) is 110 Å². The van der Waals surface area contributed by atoms with E-state index in [9.17, 15) is 13.2 Å². The van der Waals surface area contributed by atoms with Crippen molar-refractivity contribution in [2.45, 2.75) is 70.2 Å². The lowest BCUT2D eigenvalue weighted by atomic mass is 9.91. The number of fused-ring (bicyclic) bond motifs is 4. The Bertz CT molecular complexity index is 1540. The standard InChI is InChI=1S/C31H36N4O4S/c1-20(2)15-25-19-39-28-18-27(29-21(3)9-7-12-23(29)16-22-10-5-4-6-11-22)33-31(34-28)35-40(37,38)26-14-8-13-24(17-26)30(36)32-25/h7-9,12-14,16-18,20,25H,4-6,10-11,15,19H2,1-3H3,(H,32,36)(H,33,34,35)/t25-/m1/s1. The summed E-state index contributed by atoms with van der Waals surface area (Å²) in [6.45, 7) is 6.35. The van der Waals surface area contributed by atoms with Gasteiger partial charge in [-0.25, -0.2) is 18.1 Å². The molecular weight excluding hydrogens is 524 g/mol. The van der Waals surface area contributed by atoms with E-state index in [4.69, 9.17) is 4.74 Å². The zero-order valence-corrected chi connectivity index (χ0v) is 24.1. The average Bonchev–Trinajstić information content (AvgIpc) is 2.91. The number of sulfonamides is 1. The molecule has 9 heteroatoms. The highest BCUT2D eigenvalue weighted by atomic mass is 32.2. The smallest absolute Gasteiger partial charge is 0.264 e. The van der Waals surface area contributed by atoms with Crippen LogP contribution in [0.2, 0.25) is 0 Å². The Morgan fingerprint density at radius 3 is 2.60 bits per heavy atom. The molecule has 3 aromatic rings. The van der Waals surface area contributed by atoms with Gasteiger partial charge in [0.2, 0.25) is 11.8 Å². The van der Waals surface area contributed by atoms with Crippen LogP contribution in [-0.4, -0.2) is 36.9 Å². The van der Waals surface area contributed by atoms with E-state index in [1.165, 1.54) is 37.0 Å². The van der Waals surface area contributed by atoms with Crippen LogP contribution >= 0.6 is 0 Å². The fraction of sp³-hybridized carbons (Fsp3) is 0.387. The number of ether oxygens (including phenoxy) is 1. The molecule has 4 bridgehead atoms. The van der Waals surface area contributed by atoms with Gasteiger partial charge in [-0.2, -0.15) is 4.98 Å². The van der Waals surface area contributed by atoms with Crippen molar-refractivity contribution in [1.29, 1.82) is 0 Å². The molecule has 1 fully saturated rings. The van der Waals surface area contributed by atoms with Gasteiger partial charge in [-0.05, 0) is 74.3 Å². The van der Waals surface area contributed by atoms with E-state index in [1.54, 1.807) is 18.2 Å². The molecule has 40 heavy (non-hydrogen) atoms. The van der Waals surface area contributed by atoms with Gasteiger partial charge in [0.25, 0.3) is 15.9 Å². The van der Waals surface area contributed by atoms with E-state index in [1.807, 2.05) is 19.1 Å². The van der Waals surface area contributed by atoms with Gasteiger partial charge < -0.3 is 10.1 Å². The molecule has 0 unspecified atom stereocenters. The van der Waals surface area contributed by atoms with Gasteiger partial charge in [0.1, 0.15) is 6.61 Å². The number of allylic oxidation sites excluding steroid dienone is 1. The number of benzene rings is 2. The molecule has 1 aromatic heterocycles. The Kier molecular flexibility index (Phi) is 8.21. The normalized spacial score (nSPS) is 18.9. The summed E-state index contributed by atoms with van der Waals surface area (Å²) < 4.78 is 35.4. The lowest BCUT2D eigenvalue weighted by Crippen LogP contribution is -2.40. The van der Waals surface area contributed by atoms with Gasteiger partial charge in [0, 0.05) is 17.2 Å². The second-order valence-electron chi connectivity index (χ2n) is 11.1. The third-order valence-electron chi connectivity index (χ3n) is 7.27. The van der Waals surface area contributed by atoms with Gasteiger partial charge in [-0.15, -0.1) is 0 Å². The van der Waals surface area contributed by atoms with Crippen LogP contribution in [0.5, 0.6) is 5.88 Å². The molecular formula is C31H36N4O4S. The van der Waals surface area contributed by atoms with Crippen LogP contribution in [0.15, 0.2) is 59.0 Å². The summed E-state index contributed by atoms with van der Waals surface area (Å²) in [6.07, 6.45) is 8.74. The Balaban J connectivity index is 1.62. The molecule has 2 N–H and O–H groups in total. The first-order chi connectivity index (χ1) is 19.2. The number of anilines is 1. The Morgan fingerprint density at radius 1 is 1.05 bits per heavy atom. The van der Waals surface area contributed by atoms with Gasteiger partial charge in [-0.3, -0.25) is 4.79 Å². The van der Waals surface area contributed by atoms with Crippen LogP contribution in [-0.2, 0) is 10.0 Å². The van der Waals surface area contributed by atoms with Crippen LogP contribution in [0.1, 0.15) is 73.9 Å². The summed E-state index contributed by atoms with van der Waals surface area (Å²) in [7, 11) is -4.08. The minimum Gasteiger partial charge on any atom is -0.475 e.